The largest absolute Gasteiger partial charge is 0.504 e. The Morgan fingerprint density at radius 3 is 2.38 bits per heavy atom. The number of nitrogens with zero attached hydrogens (tertiary/aromatic N) is 2. The predicted octanol–water partition coefficient (Wildman–Crippen LogP) is 2.55. The van der Waals surface area contributed by atoms with Crippen molar-refractivity contribution < 1.29 is 15.0 Å². The number of benzene rings is 1. The molecule has 1 rings (SSSR count). The molecule has 6 heteroatoms. The Hall–Kier alpha value is -1.46. The van der Waals surface area contributed by atoms with Crippen molar-refractivity contribution in [3.8, 4) is 11.5 Å². The minimum absolute atomic E-state index is 0.114. The SMILES string of the molecule is CC[C@H](CN(CC)C(=O)c1ccc(O)c(O)c1Cl)N(C)C. The molecule has 1 atom stereocenters. The maximum absolute atomic E-state index is 12.6. The zero-order chi connectivity index (χ0) is 16.2. The number of hydrogen-bond acceptors (Lipinski definition) is 4. The van der Waals surface area contributed by atoms with Gasteiger partial charge in [0.1, 0.15) is 0 Å². The second-order valence-electron chi connectivity index (χ2n) is 5.16. The van der Waals surface area contributed by atoms with E-state index in [9.17, 15) is 15.0 Å². The van der Waals surface area contributed by atoms with Crippen LogP contribution in [-0.2, 0) is 0 Å². The number of aromatic hydroxyl groups is 2. The predicted molar refractivity (Wildman–Crippen MR) is 84.1 cm³/mol. The molecule has 0 radical (unpaired) electrons. The van der Waals surface area contributed by atoms with Crippen LogP contribution in [0.15, 0.2) is 12.1 Å². The highest BCUT2D eigenvalue weighted by Crippen LogP contribution is 2.35. The number of amides is 1. The van der Waals surface area contributed by atoms with Gasteiger partial charge in [0.25, 0.3) is 5.91 Å². The minimum Gasteiger partial charge on any atom is -0.504 e. The van der Waals surface area contributed by atoms with Gasteiger partial charge in [0.05, 0.1) is 10.6 Å². The van der Waals surface area contributed by atoms with Crippen LogP contribution in [0.3, 0.4) is 0 Å². The number of carbonyl (C=O) groups excluding carboxylic acids is 1. The second-order valence-corrected chi connectivity index (χ2v) is 5.54. The van der Waals surface area contributed by atoms with Gasteiger partial charge in [-0.1, -0.05) is 18.5 Å². The fourth-order valence-corrected chi connectivity index (χ4v) is 2.40. The van der Waals surface area contributed by atoms with E-state index in [1.807, 2.05) is 21.0 Å². The van der Waals surface area contributed by atoms with Crippen LogP contribution in [0.25, 0.3) is 0 Å². The maximum atomic E-state index is 12.6. The minimum atomic E-state index is -0.460. The third-order valence-corrected chi connectivity index (χ3v) is 4.01. The number of likely N-dealkylation sites (N-methyl/N-ethyl adjacent to an activating group) is 2. The molecule has 1 aromatic carbocycles. The molecule has 5 nitrogen and oxygen atoms in total. The van der Waals surface area contributed by atoms with Gasteiger partial charge in [-0.15, -0.1) is 0 Å². The normalized spacial score (nSPS) is 12.5. The maximum Gasteiger partial charge on any atom is 0.255 e. The van der Waals surface area contributed by atoms with Gasteiger partial charge in [-0.2, -0.15) is 0 Å². The fourth-order valence-electron chi connectivity index (χ4n) is 2.16. The summed E-state index contributed by atoms with van der Waals surface area (Å²) in [6.07, 6.45) is 0.922. The molecule has 1 aromatic rings. The van der Waals surface area contributed by atoms with Crippen molar-refractivity contribution in [1.29, 1.82) is 0 Å². The first-order chi connectivity index (χ1) is 9.83. The lowest BCUT2D eigenvalue weighted by atomic mass is 10.1. The molecule has 0 unspecified atom stereocenters. The smallest absolute Gasteiger partial charge is 0.255 e. The summed E-state index contributed by atoms with van der Waals surface area (Å²) in [4.78, 5) is 16.3. The van der Waals surface area contributed by atoms with Gasteiger partial charge in [-0.05, 0) is 39.6 Å². The molecule has 1 amide bonds. The molecule has 0 aliphatic carbocycles. The molecular formula is C15H23ClN2O3. The molecule has 2 N–H and O–H groups in total. The molecule has 0 heterocycles. The Morgan fingerprint density at radius 1 is 1.29 bits per heavy atom. The lowest BCUT2D eigenvalue weighted by Gasteiger charge is -2.30. The van der Waals surface area contributed by atoms with Crippen molar-refractivity contribution in [2.24, 2.45) is 0 Å². The van der Waals surface area contributed by atoms with Gasteiger partial charge in [0, 0.05) is 19.1 Å². The number of halogens is 1. The van der Waals surface area contributed by atoms with Gasteiger partial charge in [0.15, 0.2) is 11.5 Å². The summed E-state index contributed by atoms with van der Waals surface area (Å²) in [5, 5.41) is 18.9. The molecule has 0 saturated heterocycles. The Bertz CT molecular complexity index is 506. The lowest BCUT2D eigenvalue weighted by molar-refractivity contribution is 0.0716. The molecular weight excluding hydrogens is 292 g/mol. The van der Waals surface area contributed by atoms with Crippen LogP contribution >= 0.6 is 11.6 Å². The van der Waals surface area contributed by atoms with Crippen molar-refractivity contribution in [2.75, 3.05) is 27.2 Å². The van der Waals surface area contributed by atoms with Crippen LogP contribution in [0.4, 0.5) is 0 Å². The summed E-state index contributed by atoms with van der Waals surface area (Å²) in [6.45, 7) is 5.09. The number of carbonyl (C=O) groups is 1. The Balaban J connectivity index is 3.02. The summed E-state index contributed by atoms with van der Waals surface area (Å²) < 4.78 is 0. The summed E-state index contributed by atoms with van der Waals surface area (Å²) in [6, 6.07) is 2.95. The first kappa shape index (κ1) is 17.6. The summed E-state index contributed by atoms with van der Waals surface area (Å²) in [5.74, 6) is -1.05. The molecule has 0 bridgehead atoms. The van der Waals surface area contributed by atoms with Crippen molar-refractivity contribution in [2.45, 2.75) is 26.3 Å². The quantitative estimate of drug-likeness (QED) is 0.792. The standard InChI is InChI=1S/C15H23ClN2O3/c1-5-10(17(3)4)9-18(6-2)15(21)11-7-8-12(19)14(20)13(11)16/h7-8,10,19-20H,5-6,9H2,1-4H3/t10-/m1/s1. The van der Waals surface area contributed by atoms with Crippen LogP contribution in [0, 0.1) is 0 Å². The van der Waals surface area contributed by atoms with Gasteiger partial charge >= 0.3 is 0 Å². The molecule has 0 aliphatic rings. The van der Waals surface area contributed by atoms with Crippen LogP contribution in [-0.4, -0.2) is 59.1 Å². The van der Waals surface area contributed by atoms with E-state index in [2.05, 4.69) is 11.8 Å². The van der Waals surface area contributed by atoms with Crippen LogP contribution in [0.2, 0.25) is 5.02 Å². The monoisotopic (exact) mass is 314 g/mol. The van der Waals surface area contributed by atoms with E-state index in [-0.39, 0.29) is 28.3 Å². The van der Waals surface area contributed by atoms with E-state index in [4.69, 9.17) is 11.6 Å². The van der Waals surface area contributed by atoms with E-state index in [0.29, 0.717) is 13.1 Å². The molecule has 21 heavy (non-hydrogen) atoms. The number of hydrogen-bond donors (Lipinski definition) is 2. The van der Waals surface area contributed by atoms with Crippen molar-refractivity contribution in [3.05, 3.63) is 22.7 Å². The molecule has 0 fully saturated rings. The Kier molecular flexibility index (Phi) is 6.30. The molecule has 0 aliphatic heterocycles. The molecule has 0 spiro atoms. The number of phenolic OH excluding ortho intramolecular Hbond substituents is 2. The van der Waals surface area contributed by atoms with Gasteiger partial charge in [0.2, 0.25) is 0 Å². The van der Waals surface area contributed by atoms with Gasteiger partial charge < -0.3 is 20.0 Å². The Morgan fingerprint density at radius 2 is 1.90 bits per heavy atom. The van der Waals surface area contributed by atoms with E-state index < -0.39 is 5.75 Å². The molecule has 118 valence electrons. The topological polar surface area (TPSA) is 64.0 Å². The summed E-state index contributed by atoms with van der Waals surface area (Å²) >= 11 is 5.96. The van der Waals surface area contributed by atoms with Crippen molar-refractivity contribution in [1.82, 2.24) is 9.80 Å². The lowest BCUT2D eigenvalue weighted by Crippen LogP contribution is -2.43. The zero-order valence-corrected chi connectivity index (χ0v) is 13.7. The average molecular weight is 315 g/mol. The van der Waals surface area contributed by atoms with Crippen molar-refractivity contribution in [3.63, 3.8) is 0 Å². The highest BCUT2D eigenvalue weighted by atomic mass is 35.5. The molecule has 0 saturated carbocycles. The first-order valence-electron chi connectivity index (χ1n) is 6.99. The third kappa shape index (κ3) is 4.02. The van der Waals surface area contributed by atoms with E-state index >= 15 is 0 Å². The van der Waals surface area contributed by atoms with E-state index in [1.165, 1.54) is 12.1 Å². The fraction of sp³-hybridized carbons (Fsp3) is 0.533. The van der Waals surface area contributed by atoms with Gasteiger partial charge in [-0.3, -0.25) is 4.79 Å². The summed E-state index contributed by atoms with van der Waals surface area (Å²) in [7, 11) is 3.96. The number of rotatable bonds is 6. The molecule has 0 aromatic heterocycles. The highest BCUT2D eigenvalue weighted by Gasteiger charge is 2.23. The second kappa shape index (κ2) is 7.52. The van der Waals surface area contributed by atoms with Crippen LogP contribution in [0.5, 0.6) is 11.5 Å². The van der Waals surface area contributed by atoms with Gasteiger partial charge in [-0.25, -0.2) is 0 Å². The van der Waals surface area contributed by atoms with E-state index in [0.717, 1.165) is 6.42 Å². The zero-order valence-electron chi connectivity index (χ0n) is 12.9. The van der Waals surface area contributed by atoms with Crippen LogP contribution < -0.4 is 0 Å². The van der Waals surface area contributed by atoms with E-state index in [1.54, 1.807) is 4.90 Å². The van der Waals surface area contributed by atoms with Crippen LogP contribution in [0.1, 0.15) is 30.6 Å². The third-order valence-electron chi connectivity index (χ3n) is 3.63. The summed E-state index contributed by atoms with van der Waals surface area (Å²) in [5.41, 5.74) is 0.197. The highest BCUT2D eigenvalue weighted by molar-refractivity contribution is 6.35. The Labute approximate surface area is 130 Å². The first-order valence-corrected chi connectivity index (χ1v) is 7.37. The average Bonchev–Trinajstić information content (AvgIpc) is 2.45. The number of phenols is 2. The van der Waals surface area contributed by atoms with Crippen molar-refractivity contribution >= 4 is 17.5 Å².